The molecule has 1 aliphatic carbocycles. The zero-order valence-electron chi connectivity index (χ0n) is 26.3. The summed E-state index contributed by atoms with van der Waals surface area (Å²) in [5.74, 6) is 1.16. The monoisotopic (exact) mass is 590 g/mol. The van der Waals surface area contributed by atoms with E-state index < -0.39 is 10.8 Å². The lowest BCUT2D eigenvalue weighted by atomic mass is 9.64. The topological polar surface area (TPSA) is 59.1 Å². The first kappa shape index (κ1) is 30.9. The van der Waals surface area contributed by atoms with Crippen molar-refractivity contribution >= 4 is 23.2 Å². The quantitative estimate of drug-likeness (QED) is 0.188. The summed E-state index contributed by atoms with van der Waals surface area (Å²) in [5.41, 5.74) is 2.29. The first-order valence-corrected chi connectivity index (χ1v) is 15.2. The van der Waals surface area contributed by atoms with E-state index in [9.17, 15) is 9.59 Å². The second kappa shape index (κ2) is 13.0. The Morgan fingerprint density at radius 3 is 1.55 bits per heavy atom. The van der Waals surface area contributed by atoms with E-state index in [0.29, 0.717) is 25.9 Å². The van der Waals surface area contributed by atoms with Gasteiger partial charge in [-0.1, -0.05) is 81.4 Å². The molecule has 228 valence electrons. The molecule has 44 heavy (non-hydrogen) atoms. The molecule has 0 saturated heterocycles. The van der Waals surface area contributed by atoms with Gasteiger partial charge in [0.1, 0.15) is 11.5 Å². The summed E-state index contributed by atoms with van der Waals surface area (Å²) >= 11 is 0. The maximum atomic E-state index is 14.8. The van der Waals surface area contributed by atoms with Gasteiger partial charge >= 0.3 is 0 Å². The van der Waals surface area contributed by atoms with Crippen molar-refractivity contribution in [3.8, 4) is 11.5 Å². The second-order valence-corrected chi connectivity index (χ2v) is 12.3. The van der Waals surface area contributed by atoms with Gasteiger partial charge in [0.25, 0.3) is 0 Å². The molecule has 0 aliphatic heterocycles. The van der Waals surface area contributed by atoms with Crippen molar-refractivity contribution in [2.45, 2.75) is 46.7 Å². The number of hydrogen-bond donors (Lipinski definition) is 0. The third-order valence-electron chi connectivity index (χ3n) is 9.64. The van der Waals surface area contributed by atoms with Crippen LogP contribution in [0, 0.1) is 16.7 Å². The number of anilines is 2. The fraction of sp³-hybridized carbons (Fsp3) is 0.316. The second-order valence-electron chi connectivity index (χ2n) is 12.3. The molecule has 1 aliphatic rings. The van der Waals surface area contributed by atoms with E-state index >= 15 is 0 Å². The van der Waals surface area contributed by atoms with Gasteiger partial charge in [-0.2, -0.15) is 0 Å². The summed E-state index contributed by atoms with van der Waals surface area (Å²) in [5, 5.41) is 0. The third-order valence-corrected chi connectivity index (χ3v) is 9.64. The molecule has 0 aromatic heterocycles. The Morgan fingerprint density at radius 1 is 0.659 bits per heavy atom. The number of carbonyl (C=O) groups excluding carboxylic acids is 2. The molecule has 2 atom stereocenters. The molecule has 2 unspecified atom stereocenters. The Hall–Kier alpha value is -4.58. The fourth-order valence-corrected chi connectivity index (χ4v) is 6.43. The van der Waals surface area contributed by atoms with E-state index in [0.717, 1.165) is 34.0 Å². The van der Waals surface area contributed by atoms with Crippen LogP contribution in [0.1, 0.15) is 44.7 Å². The van der Waals surface area contributed by atoms with Gasteiger partial charge in [0, 0.05) is 17.3 Å². The number of hydrogen-bond acceptors (Lipinski definition) is 4. The van der Waals surface area contributed by atoms with Crippen LogP contribution in [0.4, 0.5) is 11.4 Å². The minimum absolute atomic E-state index is 0.0193. The first-order valence-electron chi connectivity index (χ1n) is 15.2. The molecule has 4 aromatic rings. The maximum Gasteiger partial charge on any atom is 0.233 e. The molecule has 0 N–H and O–H groups in total. The molecule has 0 bridgehead atoms. The van der Waals surface area contributed by atoms with Gasteiger partial charge < -0.3 is 19.3 Å². The van der Waals surface area contributed by atoms with Crippen LogP contribution in [-0.4, -0.2) is 26.0 Å². The number of rotatable bonds is 10. The first-order chi connectivity index (χ1) is 21.2. The fourth-order valence-electron chi connectivity index (χ4n) is 6.43. The van der Waals surface area contributed by atoms with Gasteiger partial charge in [0.2, 0.25) is 11.8 Å². The van der Waals surface area contributed by atoms with Crippen LogP contribution >= 0.6 is 0 Å². The highest BCUT2D eigenvalue weighted by atomic mass is 16.5. The van der Waals surface area contributed by atoms with E-state index in [1.807, 2.05) is 126 Å². The molecular weight excluding hydrogens is 548 g/mol. The van der Waals surface area contributed by atoms with Crippen molar-refractivity contribution in [1.29, 1.82) is 0 Å². The van der Waals surface area contributed by atoms with Crippen molar-refractivity contribution in [1.82, 2.24) is 0 Å². The Morgan fingerprint density at radius 2 is 1.09 bits per heavy atom. The summed E-state index contributed by atoms with van der Waals surface area (Å²) in [4.78, 5) is 33.1. The highest BCUT2D eigenvalue weighted by Gasteiger charge is 2.59. The van der Waals surface area contributed by atoms with Crippen LogP contribution in [0.3, 0.4) is 0 Å². The molecule has 1 saturated carbocycles. The molecule has 1 fully saturated rings. The predicted molar refractivity (Wildman–Crippen MR) is 176 cm³/mol. The molecule has 6 heteroatoms. The molecular formula is C38H42N2O4. The van der Waals surface area contributed by atoms with Crippen LogP contribution in [0.5, 0.6) is 11.5 Å². The van der Waals surface area contributed by atoms with Crippen LogP contribution < -0.4 is 19.3 Å². The van der Waals surface area contributed by atoms with Gasteiger partial charge in [-0.25, -0.2) is 0 Å². The number of methoxy groups -OCH3 is 2. The Labute approximate surface area is 261 Å². The SMILES string of the molecule is COc1ccc(N(Cc2ccccc2)C(=O)C2CCC(C)(C(=O)N(Cc3ccccc3)c3ccc(OC)cc3)C2(C)C)cc1. The van der Waals surface area contributed by atoms with Gasteiger partial charge in [0.15, 0.2) is 0 Å². The van der Waals surface area contributed by atoms with Gasteiger partial charge in [0.05, 0.1) is 32.7 Å². The molecule has 0 spiro atoms. The summed E-state index contributed by atoms with van der Waals surface area (Å²) in [7, 11) is 3.27. The van der Waals surface area contributed by atoms with Crippen LogP contribution in [-0.2, 0) is 22.7 Å². The summed E-state index contributed by atoms with van der Waals surface area (Å²) in [6, 6.07) is 35.3. The minimum atomic E-state index is -0.777. The summed E-state index contributed by atoms with van der Waals surface area (Å²) < 4.78 is 10.8. The molecule has 0 radical (unpaired) electrons. The van der Waals surface area contributed by atoms with Gasteiger partial charge in [-0.05, 0) is 77.9 Å². The average molecular weight is 591 g/mol. The van der Waals surface area contributed by atoms with Crippen molar-refractivity contribution in [3.63, 3.8) is 0 Å². The van der Waals surface area contributed by atoms with E-state index in [1.54, 1.807) is 14.2 Å². The molecule has 0 heterocycles. The molecule has 5 rings (SSSR count). The molecule has 2 amide bonds. The van der Waals surface area contributed by atoms with Crippen molar-refractivity contribution < 1.29 is 19.1 Å². The van der Waals surface area contributed by atoms with Crippen molar-refractivity contribution in [2.24, 2.45) is 16.7 Å². The number of amides is 2. The Kier molecular flexibility index (Phi) is 9.09. The van der Waals surface area contributed by atoms with E-state index in [2.05, 4.69) is 13.8 Å². The lowest BCUT2D eigenvalue weighted by Crippen LogP contribution is -2.51. The third kappa shape index (κ3) is 6.07. The van der Waals surface area contributed by atoms with Crippen molar-refractivity contribution in [3.05, 3.63) is 120 Å². The highest BCUT2D eigenvalue weighted by molar-refractivity contribution is 6.01. The van der Waals surface area contributed by atoms with Crippen molar-refractivity contribution in [2.75, 3.05) is 24.0 Å². The number of carbonyl (C=O) groups is 2. The van der Waals surface area contributed by atoms with Gasteiger partial charge in [-0.3, -0.25) is 9.59 Å². The van der Waals surface area contributed by atoms with E-state index in [-0.39, 0.29) is 17.7 Å². The summed E-state index contributed by atoms with van der Waals surface area (Å²) in [6.07, 6.45) is 1.23. The van der Waals surface area contributed by atoms with Crippen LogP contribution in [0.15, 0.2) is 109 Å². The summed E-state index contributed by atoms with van der Waals surface area (Å²) in [6.45, 7) is 7.09. The molecule has 4 aromatic carbocycles. The smallest absolute Gasteiger partial charge is 0.233 e. The Bertz CT molecular complexity index is 1550. The maximum absolute atomic E-state index is 14.8. The largest absolute Gasteiger partial charge is 0.497 e. The predicted octanol–water partition coefficient (Wildman–Crippen LogP) is 7.91. The molecule has 6 nitrogen and oxygen atoms in total. The van der Waals surface area contributed by atoms with Crippen LogP contribution in [0.2, 0.25) is 0 Å². The van der Waals surface area contributed by atoms with Crippen LogP contribution in [0.25, 0.3) is 0 Å². The number of ether oxygens (including phenoxy) is 2. The zero-order valence-corrected chi connectivity index (χ0v) is 26.3. The minimum Gasteiger partial charge on any atom is -0.497 e. The Balaban J connectivity index is 1.48. The van der Waals surface area contributed by atoms with E-state index in [4.69, 9.17) is 9.47 Å². The number of benzene rings is 4. The average Bonchev–Trinajstić information content (AvgIpc) is 3.31. The van der Waals surface area contributed by atoms with E-state index in [1.165, 1.54) is 0 Å². The normalized spacial score (nSPS) is 18.8. The van der Waals surface area contributed by atoms with Gasteiger partial charge in [-0.15, -0.1) is 0 Å². The lowest BCUT2D eigenvalue weighted by Gasteiger charge is -2.43. The zero-order chi connectivity index (χ0) is 31.3. The highest BCUT2D eigenvalue weighted by Crippen LogP contribution is 2.58. The standard InChI is InChI=1S/C38H42N2O4/c1-37(2)34(35(41)39(26-28-12-8-6-9-13-28)30-16-20-32(43-4)21-17-30)24-25-38(37,3)36(42)40(27-29-14-10-7-11-15-29)31-18-22-33(44-5)23-19-31/h6-23,34H,24-27H2,1-5H3. The number of nitrogens with zero attached hydrogens (tertiary/aromatic N) is 2. The lowest BCUT2D eigenvalue weighted by molar-refractivity contribution is -0.136.